The number of hydrogen-bond donors (Lipinski definition) is 3. The van der Waals surface area contributed by atoms with E-state index in [0.29, 0.717) is 19.7 Å². The molecule has 0 aromatic carbocycles. The van der Waals surface area contributed by atoms with Crippen LogP contribution in [-0.2, 0) is 10.9 Å². The molecular weight excluding hydrogens is 367 g/mol. The van der Waals surface area contributed by atoms with Crippen LogP contribution < -0.4 is 16.0 Å². The predicted octanol–water partition coefficient (Wildman–Crippen LogP) is 0.696. The van der Waals surface area contributed by atoms with E-state index in [1.807, 2.05) is 0 Å². The Balaban J connectivity index is 1.77. The number of nitrogens with one attached hydrogen (secondary N) is 3. The number of hydrogen-bond acceptors (Lipinski definition) is 10. The van der Waals surface area contributed by atoms with Crippen LogP contribution in [0.2, 0.25) is 0 Å². The van der Waals surface area contributed by atoms with Gasteiger partial charge >= 0.3 is 6.18 Å². The van der Waals surface area contributed by atoms with Crippen molar-refractivity contribution in [3.63, 3.8) is 0 Å². The van der Waals surface area contributed by atoms with Crippen LogP contribution in [0.3, 0.4) is 0 Å². The van der Waals surface area contributed by atoms with Crippen LogP contribution in [0.5, 0.6) is 0 Å². The van der Waals surface area contributed by atoms with Gasteiger partial charge in [0, 0.05) is 19.6 Å². The maximum absolute atomic E-state index is 13.2. The van der Waals surface area contributed by atoms with Gasteiger partial charge in [0.25, 0.3) is 0 Å². The van der Waals surface area contributed by atoms with E-state index in [-0.39, 0.29) is 30.1 Å². The molecule has 1 fully saturated rings. The summed E-state index contributed by atoms with van der Waals surface area (Å²) in [5, 5.41) is 23.6. The van der Waals surface area contributed by atoms with Gasteiger partial charge in [0.2, 0.25) is 11.6 Å². The molecule has 13 heteroatoms. The van der Waals surface area contributed by atoms with E-state index < -0.39 is 17.7 Å². The third-order valence-corrected chi connectivity index (χ3v) is 3.46. The summed E-state index contributed by atoms with van der Waals surface area (Å²) in [5.41, 5.74) is -1.14. The lowest BCUT2D eigenvalue weighted by Gasteiger charge is -2.24. The third-order valence-electron chi connectivity index (χ3n) is 3.46. The number of anilines is 3. The number of morpholine rings is 1. The quantitative estimate of drug-likeness (QED) is 0.679. The fourth-order valence-electron chi connectivity index (χ4n) is 2.22. The summed E-state index contributed by atoms with van der Waals surface area (Å²) in [6.45, 7) is 1.80. The molecule has 3 heterocycles. The molecule has 0 bridgehead atoms. The van der Waals surface area contributed by atoms with Crippen molar-refractivity contribution in [3.8, 4) is 6.07 Å². The molecule has 1 saturated heterocycles. The van der Waals surface area contributed by atoms with E-state index in [1.165, 1.54) is 12.4 Å². The largest absolute Gasteiger partial charge is 0.438 e. The minimum absolute atomic E-state index is 0.0930. The number of nitrogens with zero attached hydrogens (tertiary/aromatic N) is 6. The van der Waals surface area contributed by atoms with E-state index in [9.17, 15) is 13.2 Å². The molecule has 0 aliphatic carbocycles. The van der Waals surface area contributed by atoms with Crippen molar-refractivity contribution in [2.24, 2.45) is 0 Å². The second-order valence-corrected chi connectivity index (χ2v) is 5.43. The van der Waals surface area contributed by atoms with Crippen molar-refractivity contribution in [3.05, 3.63) is 23.8 Å². The van der Waals surface area contributed by atoms with Gasteiger partial charge in [-0.2, -0.15) is 23.4 Å². The molecule has 0 amide bonds. The Morgan fingerprint density at radius 1 is 1.30 bits per heavy atom. The third kappa shape index (κ3) is 4.96. The highest BCUT2D eigenvalue weighted by Crippen LogP contribution is 2.32. The van der Waals surface area contributed by atoms with Crippen molar-refractivity contribution < 1.29 is 17.9 Å². The number of halogens is 3. The van der Waals surface area contributed by atoms with Crippen LogP contribution in [0.1, 0.15) is 11.4 Å². The summed E-state index contributed by atoms with van der Waals surface area (Å²) in [6, 6.07) is 1.80. The van der Waals surface area contributed by atoms with Gasteiger partial charge in [-0.3, -0.25) is 0 Å². The van der Waals surface area contributed by atoms with E-state index in [0.717, 1.165) is 0 Å². The van der Waals surface area contributed by atoms with Gasteiger partial charge in [-0.15, -0.1) is 10.2 Å². The Hall–Kier alpha value is -3.11. The Kier molecular flexibility index (Phi) is 5.57. The molecule has 1 unspecified atom stereocenters. The van der Waals surface area contributed by atoms with E-state index in [2.05, 4.69) is 41.1 Å². The van der Waals surface area contributed by atoms with Crippen molar-refractivity contribution in [2.45, 2.75) is 12.3 Å². The van der Waals surface area contributed by atoms with Gasteiger partial charge in [0.1, 0.15) is 6.07 Å². The highest BCUT2D eigenvalue weighted by atomic mass is 19.4. The summed E-state index contributed by atoms with van der Waals surface area (Å²) in [4.78, 5) is 11.5. The molecule has 2 aromatic heterocycles. The van der Waals surface area contributed by atoms with Crippen LogP contribution in [0, 0.1) is 11.3 Å². The Morgan fingerprint density at radius 2 is 2.15 bits per heavy atom. The lowest BCUT2D eigenvalue weighted by atomic mass is 10.3. The fourth-order valence-corrected chi connectivity index (χ4v) is 2.22. The van der Waals surface area contributed by atoms with Crippen molar-refractivity contribution >= 4 is 17.6 Å². The number of nitriles is 1. The highest BCUT2D eigenvalue weighted by molar-refractivity contribution is 5.51. The molecule has 10 nitrogen and oxygen atoms in total. The predicted molar refractivity (Wildman–Crippen MR) is 86.0 cm³/mol. The first kappa shape index (κ1) is 18.7. The van der Waals surface area contributed by atoms with E-state index in [1.54, 1.807) is 6.07 Å². The average Bonchev–Trinajstić information content (AvgIpc) is 2.67. The maximum atomic E-state index is 13.2. The molecule has 27 heavy (non-hydrogen) atoms. The minimum atomic E-state index is -4.72. The van der Waals surface area contributed by atoms with Gasteiger partial charge in [-0.25, -0.2) is 9.97 Å². The van der Waals surface area contributed by atoms with Crippen LogP contribution in [0.25, 0.3) is 0 Å². The molecule has 0 spiro atoms. The normalized spacial score (nSPS) is 17.2. The van der Waals surface area contributed by atoms with Crippen molar-refractivity contribution in [2.75, 3.05) is 36.9 Å². The molecule has 1 aliphatic rings. The second kappa shape index (κ2) is 8.06. The zero-order valence-electron chi connectivity index (χ0n) is 13.8. The molecule has 3 rings (SSSR count). The number of ether oxygens (including phenoxy) is 1. The van der Waals surface area contributed by atoms with Gasteiger partial charge in [-0.1, -0.05) is 0 Å². The summed E-state index contributed by atoms with van der Waals surface area (Å²) in [5.74, 6) is -0.524. The van der Waals surface area contributed by atoms with E-state index in [4.69, 9.17) is 10.00 Å². The maximum Gasteiger partial charge on any atom is 0.438 e. The zero-order valence-corrected chi connectivity index (χ0v) is 13.8. The fraction of sp³-hybridized carbons (Fsp3) is 0.429. The van der Waals surface area contributed by atoms with Crippen LogP contribution in [-0.4, -0.2) is 57.5 Å². The summed E-state index contributed by atoms with van der Waals surface area (Å²) in [7, 11) is 0. The molecule has 142 valence electrons. The van der Waals surface area contributed by atoms with E-state index >= 15 is 0 Å². The van der Waals surface area contributed by atoms with Gasteiger partial charge in [0.05, 0.1) is 25.1 Å². The van der Waals surface area contributed by atoms with Gasteiger partial charge in [0.15, 0.2) is 17.3 Å². The smallest absolute Gasteiger partial charge is 0.374 e. The lowest BCUT2D eigenvalue weighted by molar-refractivity contribution is -0.141. The highest BCUT2D eigenvalue weighted by Gasteiger charge is 2.37. The zero-order chi connectivity index (χ0) is 19.3. The van der Waals surface area contributed by atoms with Crippen LogP contribution >= 0.6 is 0 Å². The first-order valence-corrected chi connectivity index (χ1v) is 7.83. The molecule has 2 aromatic rings. The number of alkyl halides is 3. The summed E-state index contributed by atoms with van der Waals surface area (Å²) >= 11 is 0. The lowest BCUT2D eigenvalue weighted by Crippen LogP contribution is -2.42. The standard InChI is InChI=1S/C14H14F3N9O/c15-14(16,17)11-12(22-6-9-5-19-1-2-27-9)24-13(26-25-11)23-10-7-20-8(3-18)4-21-10/h4,7,9,19H,1-2,5-6H2,(H2,21,22,23,24,26). The van der Waals surface area contributed by atoms with Crippen molar-refractivity contribution in [1.82, 2.24) is 30.5 Å². The summed E-state index contributed by atoms with van der Waals surface area (Å²) in [6.07, 6.45) is -2.59. The monoisotopic (exact) mass is 381 g/mol. The summed E-state index contributed by atoms with van der Waals surface area (Å²) < 4.78 is 44.9. The van der Waals surface area contributed by atoms with Gasteiger partial charge in [-0.05, 0) is 0 Å². The molecular formula is C14H14F3N9O. The molecule has 1 aliphatic heterocycles. The SMILES string of the molecule is N#Cc1cnc(Nc2nnc(C(F)(F)F)c(NCC3CNCCO3)n2)cn1. The van der Waals surface area contributed by atoms with Gasteiger partial charge < -0.3 is 20.7 Å². The first-order valence-electron chi connectivity index (χ1n) is 7.83. The molecule has 1 atom stereocenters. The Labute approximate surface area is 151 Å². The minimum Gasteiger partial charge on any atom is -0.374 e. The molecule has 0 radical (unpaired) electrons. The van der Waals surface area contributed by atoms with Crippen LogP contribution in [0.4, 0.5) is 30.8 Å². The number of rotatable bonds is 5. The molecule has 0 saturated carbocycles. The second-order valence-electron chi connectivity index (χ2n) is 5.43. The topological polar surface area (TPSA) is 134 Å². The van der Waals surface area contributed by atoms with Crippen LogP contribution in [0.15, 0.2) is 12.4 Å². The Bertz CT molecular complexity index is 816. The number of aromatic nitrogens is 5. The first-order chi connectivity index (χ1) is 13.0. The Morgan fingerprint density at radius 3 is 2.78 bits per heavy atom. The van der Waals surface area contributed by atoms with Crippen molar-refractivity contribution in [1.29, 1.82) is 5.26 Å². The molecule has 3 N–H and O–H groups in total. The average molecular weight is 381 g/mol.